The molecule has 0 saturated heterocycles. The molecule has 0 aliphatic heterocycles. The summed E-state index contributed by atoms with van der Waals surface area (Å²) in [7, 11) is -4.53. The van der Waals surface area contributed by atoms with Crippen molar-refractivity contribution in [3.8, 4) is 10.4 Å². The third-order valence-electron chi connectivity index (χ3n) is 2.32. The fourth-order valence-electron chi connectivity index (χ4n) is 1.43. The number of rotatable bonds is 2. The maximum atomic E-state index is 12.4. The molecule has 0 atom stereocenters. The topological polar surface area (TPSA) is 57.2 Å². The first kappa shape index (κ1) is 17.7. The van der Waals surface area contributed by atoms with Gasteiger partial charge in [0.1, 0.15) is 14.3 Å². The maximum Gasteiger partial charge on any atom is 1.00 e. The first-order valence-electron chi connectivity index (χ1n) is 4.91. The van der Waals surface area contributed by atoms with Crippen LogP contribution in [0.15, 0.2) is 40.6 Å². The van der Waals surface area contributed by atoms with Gasteiger partial charge in [0.25, 0.3) is 0 Å². The van der Waals surface area contributed by atoms with E-state index < -0.39 is 21.9 Å². The SMILES string of the molecule is O=S(=O)([O-])c1ccc(-c2ccc(C(F)(F)F)cc2)s1.[Na+]. The number of thiophene rings is 1. The van der Waals surface area contributed by atoms with Gasteiger partial charge in [-0.3, -0.25) is 0 Å². The monoisotopic (exact) mass is 330 g/mol. The molecule has 2 rings (SSSR count). The van der Waals surface area contributed by atoms with E-state index in [1.807, 2.05) is 0 Å². The Kier molecular flexibility index (Phi) is 5.45. The standard InChI is InChI=1S/C11H7F3O3S2.Na/c12-11(13,14)8-3-1-7(2-4-8)9-5-6-10(18-9)19(15,16)17;/h1-6H,(H,15,16,17);/q;+1/p-1. The molecule has 3 nitrogen and oxygen atoms in total. The predicted molar refractivity (Wildman–Crippen MR) is 62.7 cm³/mol. The van der Waals surface area contributed by atoms with Crippen molar-refractivity contribution in [3.05, 3.63) is 42.0 Å². The molecule has 0 unspecified atom stereocenters. The summed E-state index contributed by atoms with van der Waals surface area (Å²) in [5, 5.41) is 0. The Balaban J connectivity index is 0.00000200. The predicted octanol–water partition coefficient (Wildman–Crippen LogP) is 0.342. The van der Waals surface area contributed by atoms with Crippen molar-refractivity contribution in [3.63, 3.8) is 0 Å². The van der Waals surface area contributed by atoms with Gasteiger partial charge in [-0.05, 0) is 29.8 Å². The molecular formula is C11H6F3NaO3S2. The molecule has 0 radical (unpaired) electrons. The normalized spacial score (nSPS) is 12.0. The summed E-state index contributed by atoms with van der Waals surface area (Å²) in [6.07, 6.45) is -4.42. The van der Waals surface area contributed by atoms with E-state index in [4.69, 9.17) is 0 Å². The van der Waals surface area contributed by atoms with Crippen LogP contribution < -0.4 is 29.6 Å². The third-order valence-corrected chi connectivity index (χ3v) is 4.74. The second-order valence-electron chi connectivity index (χ2n) is 3.65. The minimum absolute atomic E-state index is 0. The zero-order chi connectivity index (χ0) is 14.3. The van der Waals surface area contributed by atoms with Gasteiger partial charge in [-0.2, -0.15) is 13.2 Å². The van der Waals surface area contributed by atoms with Gasteiger partial charge in [0, 0.05) is 4.88 Å². The Morgan fingerprint density at radius 3 is 1.95 bits per heavy atom. The molecule has 9 heteroatoms. The zero-order valence-electron chi connectivity index (χ0n) is 10.1. The summed E-state index contributed by atoms with van der Waals surface area (Å²) in [6, 6.07) is 6.80. The average molecular weight is 330 g/mol. The van der Waals surface area contributed by atoms with E-state index in [0.717, 1.165) is 29.5 Å². The summed E-state index contributed by atoms with van der Waals surface area (Å²) in [5.41, 5.74) is -0.364. The van der Waals surface area contributed by atoms with Crippen LogP contribution in [0.25, 0.3) is 10.4 Å². The van der Waals surface area contributed by atoms with Crippen molar-refractivity contribution < 1.29 is 55.7 Å². The zero-order valence-corrected chi connectivity index (χ0v) is 13.8. The number of hydrogen-bond acceptors (Lipinski definition) is 4. The number of alkyl halides is 3. The van der Waals surface area contributed by atoms with Crippen molar-refractivity contribution in [2.75, 3.05) is 0 Å². The van der Waals surface area contributed by atoms with Crippen LogP contribution in [0.5, 0.6) is 0 Å². The Hall–Kier alpha value is -0.380. The van der Waals surface area contributed by atoms with Crippen molar-refractivity contribution in [1.29, 1.82) is 0 Å². The van der Waals surface area contributed by atoms with Crippen LogP contribution in [0, 0.1) is 0 Å². The molecule has 0 bridgehead atoms. The Labute approximate surface area is 139 Å². The van der Waals surface area contributed by atoms with Gasteiger partial charge in [0.05, 0.1) is 5.56 Å². The minimum Gasteiger partial charge on any atom is -0.743 e. The third kappa shape index (κ3) is 4.06. The first-order valence-corrected chi connectivity index (χ1v) is 7.14. The largest absolute Gasteiger partial charge is 1.00 e. The van der Waals surface area contributed by atoms with Crippen LogP contribution in [0.1, 0.15) is 5.56 Å². The van der Waals surface area contributed by atoms with E-state index in [1.54, 1.807) is 0 Å². The van der Waals surface area contributed by atoms with Crippen LogP contribution in [-0.2, 0) is 16.3 Å². The molecule has 0 aliphatic rings. The van der Waals surface area contributed by atoms with E-state index in [-0.39, 0.29) is 33.8 Å². The molecule has 102 valence electrons. The summed E-state index contributed by atoms with van der Waals surface area (Å²) < 4.78 is 69.0. The van der Waals surface area contributed by atoms with Gasteiger partial charge in [-0.25, -0.2) is 8.42 Å². The van der Waals surface area contributed by atoms with Gasteiger partial charge in [0.15, 0.2) is 0 Å². The van der Waals surface area contributed by atoms with Crippen molar-refractivity contribution >= 4 is 21.5 Å². The molecule has 1 aromatic heterocycles. The van der Waals surface area contributed by atoms with Crippen LogP contribution in [0.3, 0.4) is 0 Å². The smallest absolute Gasteiger partial charge is 0.743 e. The Bertz CT molecular complexity index is 690. The number of hydrogen-bond donors (Lipinski definition) is 0. The second kappa shape index (κ2) is 6.17. The fraction of sp³-hybridized carbons (Fsp3) is 0.0909. The van der Waals surface area contributed by atoms with Crippen LogP contribution in [-0.4, -0.2) is 13.0 Å². The molecule has 20 heavy (non-hydrogen) atoms. The summed E-state index contributed by atoms with van der Waals surface area (Å²) >= 11 is 0.725. The van der Waals surface area contributed by atoms with Crippen LogP contribution in [0.2, 0.25) is 0 Å². The Morgan fingerprint density at radius 1 is 1.00 bits per heavy atom. The summed E-state index contributed by atoms with van der Waals surface area (Å²) in [4.78, 5) is 0.420. The molecule has 0 spiro atoms. The van der Waals surface area contributed by atoms with E-state index in [1.165, 1.54) is 18.2 Å². The summed E-state index contributed by atoms with van der Waals surface area (Å²) in [6.45, 7) is 0. The molecule has 0 aliphatic carbocycles. The van der Waals surface area contributed by atoms with E-state index >= 15 is 0 Å². The summed E-state index contributed by atoms with van der Waals surface area (Å²) in [5.74, 6) is 0. The molecule has 1 heterocycles. The van der Waals surface area contributed by atoms with Crippen molar-refractivity contribution in [1.82, 2.24) is 0 Å². The van der Waals surface area contributed by atoms with E-state index in [2.05, 4.69) is 0 Å². The number of halogens is 3. The van der Waals surface area contributed by atoms with Gasteiger partial charge >= 0.3 is 35.7 Å². The van der Waals surface area contributed by atoms with E-state index in [0.29, 0.717) is 10.4 Å². The van der Waals surface area contributed by atoms with Crippen LogP contribution >= 0.6 is 11.3 Å². The molecular weight excluding hydrogens is 324 g/mol. The number of benzene rings is 1. The van der Waals surface area contributed by atoms with Gasteiger partial charge in [-0.15, -0.1) is 11.3 Å². The maximum absolute atomic E-state index is 12.4. The average Bonchev–Trinajstić information content (AvgIpc) is 2.77. The van der Waals surface area contributed by atoms with Gasteiger partial charge in [-0.1, -0.05) is 12.1 Å². The van der Waals surface area contributed by atoms with E-state index in [9.17, 15) is 26.1 Å². The van der Waals surface area contributed by atoms with Crippen LogP contribution in [0.4, 0.5) is 13.2 Å². The fourth-order valence-corrected chi connectivity index (χ4v) is 3.09. The van der Waals surface area contributed by atoms with Crippen molar-refractivity contribution in [2.24, 2.45) is 0 Å². The molecule has 0 saturated carbocycles. The van der Waals surface area contributed by atoms with Gasteiger partial charge in [0.2, 0.25) is 0 Å². The second-order valence-corrected chi connectivity index (χ2v) is 6.34. The molecule has 1 aromatic carbocycles. The Morgan fingerprint density at radius 2 is 1.55 bits per heavy atom. The van der Waals surface area contributed by atoms with Gasteiger partial charge < -0.3 is 4.55 Å². The molecule has 0 amide bonds. The quantitative estimate of drug-likeness (QED) is 0.589. The van der Waals surface area contributed by atoms with Crippen molar-refractivity contribution in [2.45, 2.75) is 10.4 Å². The molecule has 0 N–H and O–H groups in total. The molecule has 2 aromatic rings. The first-order chi connectivity index (χ1) is 8.68. The minimum atomic E-state index is -4.53. The molecule has 0 fully saturated rings.